The summed E-state index contributed by atoms with van der Waals surface area (Å²) in [7, 11) is 1.56. The first-order chi connectivity index (χ1) is 12.2. The lowest BCUT2D eigenvalue weighted by molar-refractivity contribution is 0.0950. The van der Waals surface area contributed by atoms with Gasteiger partial charge in [0.2, 0.25) is 5.88 Å². The van der Waals surface area contributed by atoms with Crippen LogP contribution in [0, 0.1) is 0 Å². The quantitative estimate of drug-likeness (QED) is 0.741. The van der Waals surface area contributed by atoms with Gasteiger partial charge in [-0.1, -0.05) is 25.1 Å². The van der Waals surface area contributed by atoms with E-state index >= 15 is 0 Å². The Kier molecular flexibility index (Phi) is 4.74. The van der Waals surface area contributed by atoms with E-state index in [-0.39, 0.29) is 11.6 Å². The molecule has 0 atom stereocenters. The first kappa shape index (κ1) is 16.6. The fraction of sp³-hybridized carbons (Fsp3) is 0.222. The van der Waals surface area contributed by atoms with Gasteiger partial charge < -0.3 is 15.8 Å². The zero-order valence-corrected chi connectivity index (χ0v) is 14.1. The standard InChI is InChI=1S/C18H19N5O2/c1-3-7-21-17(24)16-15(19)12-6-4-5-11(13(12)9-22-16)14-8-20-10-23-18(14)25-2/h4-6,8-10H,3,7,19H2,1-2H3,(H,21,24). The number of nitrogens with two attached hydrogens (primary N) is 1. The molecule has 3 aromatic rings. The molecule has 3 N–H and O–H groups in total. The first-order valence-corrected chi connectivity index (χ1v) is 7.97. The maximum absolute atomic E-state index is 12.2. The molecule has 128 valence electrons. The van der Waals surface area contributed by atoms with E-state index in [1.165, 1.54) is 6.33 Å². The van der Waals surface area contributed by atoms with Gasteiger partial charge in [0.25, 0.3) is 5.91 Å². The molecule has 25 heavy (non-hydrogen) atoms. The van der Waals surface area contributed by atoms with E-state index in [0.717, 1.165) is 28.3 Å². The van der Waals surface area contributed by atoms with Crippen LogP contribution in [0.4, 0.5) is 5.69 Å². The number of pyridine rings is 1. The molecule has 0 radical (unpaired) electrons. The number of methoxy groups -OCH3 is 1. The van der Waals surface area contributed by atoms with Crippen molar-refractivity contribution < 1.29 is 9.53 Å². The molecule has 0 aliphatic carbocycles. The van der Waals surface area contributed by atoms with Crippen LogP contribution in [0.25, 0.3) is 21.9 Å². The molecule has 0 aliphatic heterocycles. The van der Waals surface area contributed by atoms with E-state index in [1.807, 2.05) is 25.1 Å². The Morgan fingerprint density at radius 3 is 2.80 bits per heavy atom. The van der Waals surface area contributed by atoms with Crippen molar-refractivity contribution >= 4 is 22.4 Å². The van der Waals surface area contributed by atoms with Crippen LogP contribution in [0.2, 0.25) is 0 Å². The number of amides is 1. The minimum atomic E-state index is -0.271. The van der Waals surface area contributed by atoms with Gasteiger partial charge in [-0.15, -0.1) is 0 Å². The summed E-state index contributed by atoms with van der Waals surface area (Å²) in [6.07, 6.45) is 5.60. The highest BCUT2D eigenvalue weighted by Crippen LogP contribution is 2.35. The number of rotatable bonds is 5. The first-order valence-electron chi connectivity index (χ1n) is 7.97. The molecule has 0 fully saturated rings. The van der Waals surface area contributed by atoms with Crippen molar-refractivity contribution in [2.75, 3.05) is 19.4 Å². The molecule has 7 nitrogen and oxygen atoms in total. The number of anilines is 1. The van der Waals surface area contributed by atoms with Crippen molar-refractivity contribution in [3.05, 3.63) is 42.6 Å². The second-order valence-corrected chi connectivity index (χ2v) is 5.49. The molecule has 0 saturated heterocycles. The predicted molar refractivity (Wildman–Crippen MR) is 96.4 cm³/mol. The minimum absolute atomic E-state index is 0.231. The molecule has 1 amide bonds. The number of nitrogens with one attached hydrogen (secondary N) is 1. The zero-order valence-electron chi connectivity index (χ0n) is 14.1. The van der Waals surface area contributed by atoms with Crippen molar-refractivity contribution in [2.45, 2.75) is 13.3 Å². The SMILES string of the molecule is CCCNC(=O)c1ncc2c(-c3cncnc3OC)cccc2c1N. The number of benzene rings is 1. The van der Waals surface area contributed by atoms with E-state index in [0.29, 0.717) is 18.1 Å². The molecule has 1 aromatic carbocycles. The Labute approximate surface area is 145 Å². The maximum atomic E-state index is 12.2. The number of carbonyl (C=O) groups is 1. The Hall–Kier alpha value is -3.22. The molecule has 2 heterocycles. The summed E-state index contributed by atoms with van der Waals surface area (Å²) in [6, 6.07) is 5.65. The molecule has 0 saturated carbocycles. The van der Waals surface area contributed by atoms with Gasteiger partial charge in [0.15, 0.2) is 5.69 Å². The fourth-order valence-corrected chi connectivity index (χ4v) is 2.67. The average molecular weight is 337 g/mol. The summed E-state index contributed by atoms with van der Waals surface area (Å²) in [5.74, 6) is 0.193. The molecule has 0 aliphatic rings. The second kappa shape index (κ2) is 7.12. The van der Waals surface area contributed by atoms with Crippen molar-refractivity contribution in [3.63, 3.8) is 0 Å². The van der Waals surface area contributed by atoms with Crippen LogP contribution in [-0.2, 0) is 0 Å². The molecule has 2 aromatic heterocycles. The number of ether oxygens (including phenoxy) is 1. The van der Waals surface area contributed by atoms with Gasteiger partial charge in [-0.2, -0.15) is 0 Å². The van der Waals surface area contributed by atoms with Crippen LogP contribution in [0.15, 0.2) is 36.9 Å². The van der Waals surface area contributed by atoms with Crippen molar-refractivity contribution in [1.82, 2.24) is 20.3 Å². The van der Waals surface area contributed by atoms with Gasteiger partial charge in [-0.3, -0.25) is 4.79 Å². The zero-order chi connectivity index (χ0) is 17.8. The topological polar surface area (TPSA) is 103 Å². The van der Waals surface area contributed by atoms with Gasteiger partial charge >= 0.3 is 0 Å². The number of fused-ring (bicyclic) bond motifs is 1. The van der Waals surface area contributed by atoms with Crippen molar-refractivity contribution in [1.29, 1.82) is 0 Å². The largest absolute Gasteiger partial charge is 0.480 e. The van der Waals surface area contributed by atoms with Gasteiger partial charge in [0.05, 0.1) is 18.4 Å². The number of hydrogen-bond acceptors (Lipinski definition) is 6. The molecular weight excluding hydrogens is 318 g/mol. The average Bonchev–Trinajstić information content (AvgIpc) is 2.66. The lowest BCUT2D eigenvalue weighted by atomic mass is 9.99. The van der Waals surface area contributed by atoms with Crippen LogP contribution in [0.5, 0.6) is 5.88 Å². The summed E-state index contributed by atoms with van der Waals surface area (Å²) in [5.41, 5.74) is 8.38. The normalized spacial score (nSPS) is 10.6. The van der Waals surface area contributed by atoms with E-state index in [2.05, 4.69) is 20.3 Å². The summed E-state index contributed by atoms with van der Waals surface area (Å²) >= 11 is 0. The van der Waals surface area contributed by atoms with Crippen LogP contribution in [0.1, 0.15) is 23.8 Å². The Morgan fingerprint density at radius 2 is 2.04 bits per heavy atom. The smallest absolute Gasteiger partial charge is 0.272 e. The van der Waals surface area contributed by atoms with Gasteiger partial charge in [-0.05, 0) is 12.0 Å². The fourth-order valence-electron chi connectivity index (χ4n) is 2.67. The van der Waals surface area contributed by atoms with Gasteiger partial charge in [-0.25, -0.2) is 15.0 Å². The summed E-state index contributed by atoms with van der Waals surface area (Å²) in [6.45, 7) is 2.57. The van der Waals surface area contributed by atoms with Gasteiger partial charge in [0.1, 0.15) is 6.33 Å². The highest BCUT2D eigenvalue weighted by Gasteiger charge is 2.17. The third-order valence-corrected chi connectivity index (χ3v) is 3.88. The van der Waals surface area contributed by atoms with E-state index in [1.54, 1.807) is 19.5 Å². The van der Waals surface area contributed by atoms with E-state index in [4.69, 9.17) is 10.5 Å². The Morgan fingerprint density at radius 1 is 1.20 bits per heavy atom. The molecule has 0 spiro atoms. The Balaban J connectivity index is 2.15. The molecule has 7 heteroatoms. The van der Waals surface area contributed by atoms with E-state index < -0.39 is 0 Å². The summed E-state index contributed by atoms with van der Waals surface area (Å²) in [5, 5.41) is 4.35. The number of nitrogen functional groups attached to an aromatic ring is 1. The molecule has 0 unspecified atom stereocenters. The van der Waals surface area contributed by atoms with Crippen LogP contribution >= 0.6 is 0 Å². The van der Waals surface area contributed by atoms with Crippen LogP contribution in [-0.4, -0.2) is 34.5 Å². The van der Waals surface area contributed by atoms with E-state index in [9.17, 15) is 4.79 Å². The minimum Gasteiger partial charge on any atom is -0.480 e. The van der Waals surface area contributed by atoms with Crippen LogP contribution < -0.4 is 15.8 Å². The molecule has 0 bridgehead atoms. The van der Waals surface area contributed by atoms with Crippen molar-refractivity contribution in [2.24, 2.45) is 0 Å². The van der Waals surface area contributed by atoms with Crippen LogP contribution in [0.3, 0.4) is 0 Å². The summed E-state index contributed by atoms with van der Waals surface area (Å²) in [4.78, 5) is 24.7. The third-order valence-electron chi connectivity index (χ3n) is 3.88. The highest BCUT2D eigenvalue weighted by molar-refractivity contribution is 6.09. The monoisotopic (exact) mass is 337 g/mol. The Bertz CT molecular complexity index is 926. The maximum Gasteiger partial charge on any atom is 0.272 e. The number of carbonyl (C=O) groups excluding carboxylic acids is 1. The lowest BCUT2D eigenvalue weighted by Crippen LogP contribution is -2.26. The molecular formula is C18H19N5O2. The predicted octanol–water partition coefficient (Wildman–Crippen LogP) is 2.42. The van der Waals surface area contributed by atoms with Crippen molar-refractivity contribution in [3.8, 4) is 17.0 Å². The third kappa shape index (κ3) is 3.08. The van der Waals surface area contributed by atoms with Gasteiger partial charge in [0, 0.05) is 29.7 Å². The highest BCUT2D eigenvalue weighted by atomic mass is 16.5. The number of aromatic nitrogens is 3. The lowest BCUT2D eigenvalue weighted by Gasteiger charge is -2.12. The number of nitrogens with zero attached hydrogens (tertiary/aromatic N) is 3. The molecule has 3 rings (SSSR count). The second-order valence-electron chi connectivity index (χ2n) is 5.49. The number of hydrogen-bond donors (Lipinski definition) is 2. The summed E-state index contributed by atoms with van der Waals surface area (Å²) < 4.78 is 5.32.